The van der Waals surface area contributed by atoms with Gasteiger partial charge in [0.2, 0.25) is 0 Å². The van der Waals surface area contributed by atoms with E-state index < -0.39 is 0 Å². The summed E-state index contributed by atoms with van der Waals surface area (Å²) in [6.07, 6.45) is 0. The highest BCUT2D eigenvalue weighted by molar-refractivity contribution is 7.21. The maximum atomic E-state index is 4.84. The van der Waals surface area contributed by atoms with Crippen molar-refractivity contribution in [1.29, 1.82) is 0 Å². The summed E-state index contributed by atoms with van der Waals surface area (Å²) in [6, 6.07) is 13.7. The summed E-state index contributed by atoms with van der Waals surface area (Å²) in [5.41, 5.74) is 6.31. The maximum absolute atomic E-state index is 4.84. The average molecular weight is 280 g/mol. The van der Waals surface area contributed by atoms with Gasteiger partial charge in [-0.3, -0.25) is 0 Å². The van der Waals surface area contributed by atoms with Crippen molar-refractivity contribution in [2.24, 2.45) is 0 Å². The molecule has 0 spiro atoms. The fourth-order valence-corrected chi connectivity index (χ4v) is 3.65. The summed E-state index contributed by atoms with van der Waals surface area (Å²) in [7, 11) is 0. The van der Waals surface area contributed by atoms with Gasteiger partial charge in [0.25, 0.3) is 0 Å². The molecule has 0 amide bonds. The predicted molar refractivity (Wildman–Crippen MR) is 85.3 cm³/mol. The van der Waals surface area contributed by atoms with E-state index in [2.05, 4.69) is 55.6 Å². The van der Waals surface area contributed by atoms with Crippen molar-refractivity contribution in [2.45, 2.75) is 19.9 Å². The minimum Gasteiger partial charge on any atom is -0.307 e. The molecule has 20 heavy (non-hydrogen) atoms. The number of rotatable bonds is 2. The summed E-state index contributed by atoms with van der Waals surface area (Å²) in [4.78, 5) is 4.84. The summed E-state index contributed by atoms with van der Waals surface area (Å²) < 4.78 is 1.31. The zero-order valence-corrected chi connectivity index (χ0v) is 12.4. The van der Waals surface area contributed by atoms with Crippen LogP contribution in [0.25, 0.3) is 20.8 Å². The third-order valence-corrected chi connectivity index (χ3v) is 5.15. The van der Waals surface area contributed by atoms with Crippen molar-refractivity contribution in [3.63, 3.8) is 0 Å². The van der Waals surface area contributed by atoms with Gasteiger partial charge in [0.05, 0.1) is 10.2 Å². The van der Waals surface area contributed by atoms with Gasteiger partial charge in [0, 0.05) is 18.2 Å². The number of aryl methyl sites for hydroxylation is 2. The Morgan fingerprint density at radius 2 is 1.75 bits per heavy atom. The van der Waals surface area contributed by atoms with Crippen LogP contribution in [-0.4, -0.2) is 11.5 Å². The second-order valence-corrected chi connectivity index (χ2v) is 6.48. The standard InChI is InChI=1S/C17H16N2S/c1-10-3-4-11(2)16-15(10)19-17(20-16)13-7-5-12(6-8-13)14-9-18-14/h3-8,14,18H,9H2,1-2H3. The molecule has 1 unspecified atom stereocenters. The molecule has 0 saturated carbocycles. The number of nitrogens with zero attached hydrogens (tertiary/aromatic N) is 1. The molecule has 0 bridgehead atoms. The van der Waals surface area contributed by atoms with E-state index in [1.165, 1.54) is 27.0 Å². The Bertz CT molecular complexity index is 744. The smallest absolute Gasteiger partial charge is 0.124 e. The van der Waals surface area contributed by atoms with Crippen LogP contribution in [0.5, 0.6) is 0 Å². The van der Waals surface area contributed by atoms with Crippen molar-refractivity contribution < 1.29 is 0 Å². The largest absolute Gasteiger partial charge is 0.307 e. The monoisotopic (exact) mass is 280 g/mol. The van der Waals surface area contributed by atoms with Gasteiger partial charge in [0.1, 0.15) is 5.01 Å². The van der Waals surface area contributed by atoms with Gasteiger partial charge in [-0.2, -0.15) is 0 Å². The third-order valence-electron chi connectivity index (χ3n) is 3.91. The van der Waals surface area contributed by atoms with E-state index in [0.29, 0.717) is 6.04 Å². The molecule has 2 aromatic carbocycles. The number of hydrogen-bond donors (Lipinski definition) is 1. The van der Waals surface area contributed by atoms with Crippen LogP contribution in [0.15, 0.2) is 36.4 Å². The normalized spacial score (nSPS) is 17.6. The van der Waals surface area contributed by atoms with E-state index in [0.717, 1.165) is 17.1 Å². The molecule has 0 aliphatic carbocycles. The van der Waals surface area contributed by atoms with Gasteiger partial charge in [-0.05, 0) is 30.5 Å². The lowest BCUT2D eigenvalue weighted by atomic mass is 10.1. The number of benzene rings is 2. The highest BCUT2D eigenvalue weighted by Crippen LogP contribution is 2.34. The fraction of sp³-hybridized carbons (Fsp3) is 0.235. The van der Waals surface area contributed by atoms with E-state index in [1.807, 2.05) is 0 Å². The van der Waals surface area contributed by atoms with Crippen LogP contribution in [0.4, 0.5) is 0 Å². The SMILES string of the molecule is Cc1ccc(C)c2sc(-c3ccc(C4CN4)cc3)nc12. The Hall–Kier alpha value is -1.71. The molecule has 3 heteroatoms. The minimum atomic E-state index is 0.573. The van der Waals surface area contributed by atoms with Gasteiger partial charge in [-0.25, -0.2) is 4.98 Å². The van der Waals surface area contributed by atoms with Gasteiger partial charge in [-0.15, -0.1) is 11.3 Å². The first-order valence-electron chi connectivity index (χ1n) is 6.93. The second kappa shape index (κ2) is 4.40. The second-order valence-electron chi connectivity index (χ2n) is 5.48. The van der Waals surface area contributed by atoms with Crippen molar-refractivity contribution in [2.75, 3.05) is 6.54 Å². The van der Waals surface area contributed by atoms with Crippen LogP contribution in [0.1, 0.15) is 22.7 Å². The van der Waals surface area contributed by atoms with Crippen LogP contribution in [0.3, 0.4) is 0 Å². The summed E-state index contributed by atoms with van der Waals surface area (Å²) in [6.45, 7) is 5.40. The summed E-state index contributed by atoms with van der Waals surface area (Å²) in [5.74, 6) is 0. The maximum Gasteiger partial charge on any atom is 0.124 e. The van der Waals surface area contributed by atoms with E-state index in [1.54, 1.807) is 11.3 Å². The number of nitrogens with one attached hydrogen (secondary N) is 1. The molecule has 2 heterocycles. The molecule has 1 saturated heterocycles. The Morgan fingerprint density at radius 1 is 1.05 bits per heavy atom. The van der Waals surface area contributed by atoms with Crippen LogP contribution in [-0.2, 0) is 0 Å². The van der Waals surface area contributed by atoms with E-state index in [4.69, 9.17) is 4.98 Å². The number of hydrogen-bond acceptors (Lipinski definition) is 3. The Balaban J connectivity index is 1.81. The molecule has 100 valence electrons. The van der Waals surface area contributed by atoms with Gasteiger partial charge in [-0.1, -0.05) is 36.4 Å². The van der Waals surface area contributed by atoms with Gasteiger partial charge < -0.3 is 5.32 Å². The first-order chi connectivity index (χ1) is 9.72. The number of fused-ring (bicyclic) bond motifs is 1. The molecule has 1 aromatic heterocycles. The Kier molecular flexibility index (Phi) is 2.65. The molecular formula is C17H16N2S. The lowest BCUT2D eigenvalue weighted by Crippen LogP contribution is -1.84. The highest BCUT2D eigenvalue weighted by Gasteiger charge is 2.21. The van der Waals surface area contributed by atoms with Crippen molar-refractivity contribution in [3.8, 4) is 10.6 Å². The fourth-order valence-electron chi connectivity index (χ4n) is 2.54. The molecule has 1 atom stereocenters. The van der Waals surface area contributed by atoms with E-state index in [-0.39, 0.29) is 0 Å². The van der Waals surface area contributed by atoms with E-state index in [9.17, 15) is 0 Å². The van der Waals surface area contributed by atoms with Crippen LogP contribution in [0, 0.1) is 13.8 Å². The molecule has 4 rings (SSSR count). The highest BCUT2D eigenvalue weighted by atomic mass is 32.1. The van der Waals surface area contributed by atoms with Gasteiger partial charge in [0.15, 0.2) is 0 Å². The molecule has 1 aliphatic rings. The number of aromatic nitrogens is 1. The van der Waals surface area contributed by atoms with Crippen LogP contribution >= 0.6 is 11.3 Å². The Labute approximate surface area is 122 Å². The zero-order chi connectivity index (χ0) is 13.7. The van der Waals surface area contributed by atoms with Crippen molar-refractivity contribution in [3.05, 3.63) is 53.1 Å². The quantitative estimate of drug-likeness (QED) is 0.713. The third kappa shape index (κ3) is 1.94. The molecule has 0 radical (unpaired) electrons. The topological polar surface area (TPSA) is 34.8 Å². The molecule has 1 N–H and O–H groups in total. The lowest BCUT2D eigenvalue weighted by molar-refractivity contribution is 1.08. The van der Waals surface area contributed by atoms with Crippen molar-refractivity contribution in [1.82, 2.24) is 10.3 Å². The molecule has 1 fully saturated rings. The van der Waals surface area contributed by atoms with Crippen LogP contribution in [0.2, 0.25) is 0 Å². The molecule has 2 nitrogen and oxygen atoms in total. The Morgan fingerprint density at radius 3 is 2.40 bits per heavy atom. The molecular weight excluding hydrogens is 264 g/mol. The van der Waals surface area contributed by atoms with E-state index >= 15 is 0 Å². The minimum absolute atomic E-state index is 0.573. The lowest BCUT2D eigenvalue weighted by Gasteiger charge is -1.99. The number of thiazole rings is 1. The van der Waals surface area contributed by atoms with Crippen LogP contribution < -0.4 is 5.32 Å². The zero-order valence-electron chi connectivity index (χ0n) is 11.6. The first kappa shape index (κ1) is 12.1. The molecule has 1 aliphatic heterocycles. The summed E-state index contributed by atoms with van der Waals surface area (Å²) in [5, 5.41) is 4.45. The molecule has 3 aromatic rings. The first-order valence-corrected chi connectivity index (χ1v) is 7.74. The summed E-state index contributed by atoms with van der Waals surface area (Å²) >= 11 is 1.79. The van der Waals surface area contributed by atoms with Gasteiger partial charge >= 0.3 is 0 Å². The predicted octanol–water partition coefficient (Wildman–Crippen LogP) is 4.22. The van der Waals surface area contributed by atoms with Crippen molar-refractivity contribution >= 4 is 21.6 Å². The average Bonchev–Trinajstić information content (AvgIpc) is 3.21.